The van der Waals surface area contributed by atoms with Crippen LogP contribution in [-0.2, 0) is 4.74 Å². The molecule has 0 saturated carbocycles. The second-order valence-corrected chi connectivity index (χ2v) is 5.30. The molecule has 0 aliphatic rings. The molecule has 0 rings (SSSR count). The Morgan fingerprint density at radius 1 is 1.40 bits per heavy atom. The van der Waals surface area contributed by atoms with Crippen molar-refractivity contribution in [1.29, 1.82) is 0 Å². The average molecular weight is 288 g/mol. The number of hydrogen-bond acceptors (Lipinski definition) is 5. The SMILES string of the molecule is CC.CCN(N)/C=C(\N)CC(C)OCCC(C)(C)NC. The van der Waals surface area contributed by atoms with Crippen LogP contribution in [0, 0.1) is 0 Å². The Kier molecular flexibility index (Phi) is 12.9. The maximum Gasteiger partial charge on any atom is 0.0601 e. The van der Waals surface area contributed by atoms with Gasteiger partial charge in [0.25, 0.3) is 0 Å². The van der Waals surface area contributed by atoms with Crippen LogP contribution in [0.2, 0.25) is 0 Å². The molecule has 0 bridgehead atoms. The van der Waals surface area contributed by atoms with Gasteiger partial charge in [0.05, 0.1) is 6.10 Å². The normalized spacial score (nSPS) is 13.5. The molecule has 0 heterocycles. The smallest absolute Gasteiger partial charge is 0.0601 e. The summed E-state index contributed by atoms with van der Waals surface area (Å²) in [5.74, 6) is 5.65. The minimum atomic E-state index is 0.109. The Morgan fingerprint density at radius 3 is 2.40 bits per heavy atom. The second-order valence-electron chi connectivity index (χ2n) is 5.30. The molecule has 0 aromatic rings. The minimum Gasteiger partial charge on any atom is -0.401 e. The van der Waals surface area contributed by atoms with Crippen molar-refractivity contribution < 1.29 is 4.74 Å². The van der Waals surface area contributed by atoms with Gasteiger partial charge in [-0.05, 0) is 41.2 Å². The fourth-order valence-electron chi connectivity index (χ4n) is 1.39. The summed E-state index contributed by atoms with van der Waals surface area (Å²) in [6, 6.07) is 0. The highest BCUT2D eigenvalue weighted by atomic mass is 16.5. The second kappa shape index (κ2) is 12.0. The number of nitrogens with zero attached hydrogens (tertiary/aromatic N) is 1. The number of rotatable bonds is 9. The third-order valence-electron chi connectivity index (χ3n) is 3.03. The van der Waals surface area contributed by atoms with Crippen LogP contribution in [0.5, 0.6) is 0 Å². The Morgan fingerprint density at radius 2 is 1.95 bits per heavy atom. The zero-order valence-electron chi connectivity index (χ0n) is 14.5. The van der Waals surface area contributed by atoms with Crippen LogP contribution in [0.25, 0.3) is 0 Å². The molecule has 122 valence electrons. The van der Waals surface area contributed by atoms with E-state index in [-0.39, 0.29) is 11.6 Å². The van der Waals surface area contributed by atoms with Crippen molar-refractivity contribution in [2.75, 3.05) is 20.2 Å². The molecule has 0 saturated heterocycles. The molecule has 5 heteroatoms. The van der Waals surface area contributed by atoms with Crippen LogP contribution in [0.1, 0.15) is 54.4 Å². The van der Waals surface area contributed by atoms with Gasteiger partial charge in [-0.15, -0.1) is 0 Å². The highest BCUT2D eigenvalue weighted by molar-refractivity contribution is 4.96. The van der Waals surface area contributed by atoms with Gasteiger partial charge in [-0.3, -0.25) is 0 Å². The van der Waals surface area contributed by atoms with E-state index in [0.29, 0.717) is 6.42 Å². The number of hydrogen-bond donors (Lipinski definition) is 3. The van der Waals surface area contributed by atoms with Crippen LogP contribution < -0.4 is 16.9 Å². The van der Waals surface area contributed by atoms with E-state index in [2.05, 4.69) is 19.2 Å². The van der Waals surface area contributed by atoms with Gasteiger partial charge in [0.2, 0.25) is 0 Å². The van der Waals surface area contributed by atoms with E-state index in [9.17, 15) is 0 Å². The Labute approximate surface area is 125 Å². The van der Waals surface area contributed by atoms with Gasteiger partial charge in [0.15, 0.2) is 0 Å². The lowest BCUT2D eigenvalue weighted by molar-refractivity contribution is 0.0532. The Hall–Kier alpha value is -0.780. The lowest BCUT2D eigenvalue weighted by Crippen LogP contribution is -2.37. The summed E-state index contributed by atoms with van der Waals surface area (Å²) in [5, 5.41) is 4.83. The standard InChI is InChI=1S/C13H30N4O.C2H6/c1-6-17(15)10-12(14)9-11(2)18-8-7-13(3,4)16-5;1-2/h10-11,16H,6-9,14-15H2,1-5H3;1-2H3/b12-10-;. The van der Waals surface area contributed by atoms with E-state index >= 15 is 0 Å². The first-order valence-electron chi connectivity index (χ1n) is 7.58. The van der Waals surface area contributed by atoms with E-state index in [4.69, 9.17) is 16.3 Å². The predicted molar refractivity (Wildman–Crippen MR) is 88.0 cm³/mol. The quantitative estimate of drug-likeness (QED) is 0.448. The molecule has 5 N–H and O–H groups in total. The maximum atomic E-state index is 5.88. The summed E-state index contributed by atoms with van der Waals surface area (Å²) >= 11 is 0. The van der Waals surface area contributed by atoms with Crippen LogP contribution in [-0.4, -0.2) is 36.9 Å². The molecule has 0 amide bonds. The van der Waals surface area contributed by atoms with Gasteiger partial charge in [-0.2, -0.15) is 0 Å². The lowest BCUT2D eigenvalue weighted by atomic mass is 10.0. The van der Waals surface area contributed by atoms with Crippen molar-refractivity contribution in [3.8, 4) is 0 Å². The van der Waals surface area contributed by atoms with Crippen molar-refractivity contribution in [3.05, 3.63) is 11.9 Å². The molecule has 0 aromatic heterocycles. The third kappa shape index (κ3) is 12.3. The molecule has 0 aliphatic heterocycles. The molecule has 0 aromatic carbocycles. The summed E-state index contributed by atoms with van der Waals surface area (Å²) in [7, 11) is 1.96. The van der Waals surface area contributed by atoms with Crippen LogP contribution in [0.4, 0.5) is 0 Å². The van der Waals surface area contributed by atoms with E-state index in [0.717, 1.165) is 25.3 Å². The van der Waals surface area contributed by atoms with E-state index in [1.807, 2.05) is 34.7 Å². The molecule has 0 radical (unpaired) electrons. The highest BCUT2D eigenvalue weighted by Gasteiger charge is 2.15. The van der Waals surface area contributed by atoms with Crippen LogP contribution >= 0.6 is 0 Å². The van der Waals surface area contributed by atoms with Crippen molar-refractivity contribution in [2.24, 2.45) is 11.6 Å². The van der Waals surface area contributed by atoms with Gasteiger partial charge in [-0.25, -0.2) is 5.84 Å². The largest absolute Gasteiger partial charge is 0.401 e. The zero-order valence-corrected chi connectivity index (χ0v) is 14.5. The van der Waals surface area contributed by atoms with Crippen molar-refractivity contribution >= 4 is 0 Å². The van der Waals surface area contributed by atoms with Crippen molar-refractivity contribution in [1.82, 2.24) is 10.3 Å². The van der Waals surface area contributed by atoms with E-state index in [1.165, 1.54) is 0 Å². The summed E-state index contributed by atoms with van der Waals surface area (Å²) in [6.07, 6.45) is 3.54. The lowest BCUT2D eigenvalue weighted by Gasteiger charge is -2.25. The average Bonchev–Trinajstić information content (AvgIpc) is 2.40. The number of nitrogens with two attached hydrogens (primary N) is 2. The number of hydrazine groups is 1. The van der Waals surface area contributed by atoms with E-state index in [1.54, 1.807) is 11.2 Å². The van der Waals surface area contributed by atoms with Crippen molar-refractivity contribution in [2.45, 2.75) is 66.0 Å². The van der Waals surface area contributed by atoms with Gasteiger partial charge < -0.3 is 20.8 Å². The molecule has 0 spiro atoms. The Balaban J connectivity index is 0. The predicted octanol–water partition coefficient (Wildman–Crippen LogP) is 2.19. The fourth-order valence-corrected chi connectivity index (χ4v) is 1.39. The first-order chi connectivity index (χ1) is 9.30. The van der Waals surface area contributed by atoms with Gasteiger partial charge in [-0.1, -0.05) is 13.8 Å². The molecular weight excluding hydrogens is 252 g/mol. The van der Waals surface area contributed by atoms with Gasteiger partial charge in [0.1, 0.15) is 0 Å². The topological polar surface area (TPSA) is 76.5 Å². The maximum absolute atomic E-state index is 5.88. The van der Waals surface area contributed by atoms with Crippen LogP contribution in [0.3, 0.4) is 0 Å². The summed E-state index contributed by atoms with van der Waals surface area (Å²) in [6.45, 7) is 13.8. The monoisotopic (exact) mass is 288 g/mol. The first kappa shape index (κ1) is 21.5. The highest BCUT2D eigenvalue weighted by Crippen LogP contribution is 2.10. The number of nitrogens with one attached hydrogen (secondary N) is 1. The minimum absolute atomic E-state index is 0.109. The van der Waals surface area contributed by atoms with E-state index < -0.39 is 0 Å². The Bertz CT molecular complexity index is 254. The molecule has 0 fully saturated rings. The summed E-state index contributed by atoms with van der Waals surface area (Å²) in [5.41, 5.74) is 6.74. The molecule has 0 aliphatic carbocycles. The van der Waals surface area contributed by atoms with Crippen molar-refractivity contribution in [3.63, 3.8) is 0 Å². The molecule has 20 heavy (non-hydrogen) atoms. The molecule has 1 unspecified atom stereocenters. The number of ether oxygens (including phenoxy) is 1. The molecule has 1 atom stereocenters. The van der Waals surface area contributed by atoms with Gasteiger partial charge in [0, 0.05) is 37.0 Å². The summed E-state index contributed by atoms with van der Waals surface area (Å²) in [4.78, 5) is 0. The summed E-state index contributed by atoms with van der Waals surface area (Å²) < 4.78 is 5.75. The molecular formula is C15H36N4O. The fraction of sp³-hybridized carbons (Fsp3) is 0.867. The van der Waals surface area contributed by atoms with Gasteiger partial charge >= 0.3 is 0 Å². The first-order valence-corrected chi connectivity index (χ1v) is 7.58. The zero-order chi connectivity index (χ0) is 16.2. The molecule has 5 nitrogen and oxygen atoms in total. The van der Waals surface area contributed by atoms with Crippen LogP contribution in [0.15, 0.2) is 11.9 Å². The third-order valence-corrected chi connectivity index (χ3v) is 3.03.